The van der Waals surface area contributed by atoms with Gasteiger partial charge in [0.05, 0.1) is 32.0 Å². The fourth-order valence-electron chi connectivity index (χ4n) is 7.21. The number of benzene rings is 2. The number of aryl methyl sites for hydroxylation is 2. The molecule has 0 fully saturated rings. The molecule has 0 bridgehead atoms. The number of ether oxygens (including phenoxy) is 2. The Hall–Kier alpha value is -6.05. The van der Waals surface area contributed by atoms with E-state index >= 15 is 0 Å². The highest BCUT2D eigenvalue weighted by atomic mass is 16.5. The Kier molecular flexibility index (Phi) is 13.7. The van der Waals surface area contributed by atoms with Crippen LogP contribution >= 0.6 is 0 Å². The smallest absolute Gasteiger partial charge is 0.407 e. The summed E-state index contributed by atoms with van der Waals surface area (Å²) in [6.07, 6.45) is 2.81. The molecule has 58 heavy (non-hydrogen) atoms. The van der Waals surface area contributed by atoms with Crippen LogP contribution in [0.4, 0.5) is 9.59 Å². The van der Waals surface area contributed by atoms with Crippen molar-refractivity contribution in [3.8, 4) is 22.6 Å². The Balaban J connectivity index is 1.29. The van der Waals surface area contributed by atoms with E-state index in [0.29, 0.717) is 23.8 Å². The molecule has 14 heteroatoms. The molecule has 4 atom stereocenters. The van der Waals surface area contributed by atoms with Crippen molar-refractivity contribution in [2.24, 2.45) is 11.8 Å². The third-order valence-corrected chi connectivity index (χ3v) is 10.6. The van der Waals surface area contributed by atoms with Crippen LogP contribution in [0.2, 0.25) is 0 Å². The van der Waals surface area contributed by atoms with E-state index in [1.165, 1.54) is 14.2 Å². The maximum Gasteiger partial charge on any atom is 0.407 e. The third kappa shape index (κ3) is 9.38. The van der Waals surface area contributed by atoms with Crippen LogP contribution in [0, 0.1) is 11.8 Å². The molecule has 0 saturated heterocycles. The zero-order chi connectivity index (χ0) is 42.4. The van der Waals surface area contributed by atoms with Gasteiger partial charge in [-0.25, -0.2) is 14.6 Å². The van der Waals surface area contributed by atoms with E-state index in [0.717, 1.165) is 69.5 Å². The van der Waals surface area contributed by atoms with Crippen LogP contribution in [-0.4, -0.2) is 77.8 Å². The van der Waals surface area contributed by atoms with Gasteiger partial charge in [-0.15, -0.1) is 0 Å². The van der Waals surface area contributed by atoms with E-state index < -0.39 is 36.4 Å². The maximum absolute atomic E-state index is 13.7. The molecule has 0 spiro atoms. The van der Waals surface area contributed by atoms with E-state index in [2.05, 4.69) is 62.3 Å². The monoisotopic (exact) mass is 795 g/mol. The predicted molar refractivity (Wildman–Crippen MR) is 224 cm³/mol. The summed E-state index contributed by atoms with van der Waals surface area (Å²) in [5, 5.41) is 12.6. The van der Waals surface area contributed by atoms with E-state index in [-0.39, 0.29) is 23.7 Å². The zero-order valence-electron chi connectivity index (χ0n) is 35.0. The minimum Gasteiger partial charge on any atom is -0.456 e. The Morgan fingerprint density at radius 3 is 2.21 bits per heavy atom. The lowest BCUT2D eigenvalue weighted by Gasteiger charge is -2.35. The molecule has 2 aromatic heterocycles. The van der Waals surface area contributed by atoms with Crippen molar-refractivity contribution in [1.82, 2.24) is 36.1 Å². The fraction of sp³-hybridized carbons (Fsp3) is 0.432. The number of aromatic amines is 1. The summed E-state index contributed by atoms with van der Waals surface area (Å²) in [6.45, 7) is 22.3. The van der Waals surface area contributed by atoms with Gasteiger partial charge < -0.3 is 45.0 Å². The molecule has 5 rings (SSSR count). The lowest BCUT2D eigenvalue weighted by Crippen LogP contribution is -2.54. The van der Waals surface area contributed by atoms with Crippen molar-refractivity contribution in [1.29, 1.82) is 0 Å². The van der Waals surface area contributed by atoms with Crippen molar-refractivity contribution in [3.05, 3.63) is 84.0 Å². The summed E-state index contributed by atoms with van der Waals surface area (Å²) in [4.78, 5) is 60.2. The zero-order valence-corrected chi connectivity index (χ0v) is 35.0. The summed E-state index contributed by atoms with van der Waals surface area (Å²) in [7, 11) is 2.54. The number of rotatable bonds is 16. The first-order chi connectivity index (χ1) is 27.6. The quantitative estimate of drug-likeness (QED) is 0.0782. The molecule has 310 valence electrons. The number of hydrogen-bond acceptors (Lipinski definition) is 9. The maximum atomic E-state index is 13.7. The van der Waals surface area contributed by atoms with Gasteiger partial charge in [-0.1, -0.05) is 59.9 Å². The van der Waals surface area contributed by atoms with Gasteiger partial charge in [-0.3, -0.25) is 9.59 Å². The molecule has 1 aliphatic carbocycles. The Labute approximate surface area is 340 Å². The second-order valence-corrected chi connectivity index (χ2v) is 15.4. The lowest BCUT2D eigenvalue weighted by atomic mass is 9.87. The average Bonchev–Trinajstić information content (AvgIpc) is 3.85. The minimum absolute atomic E-state index is 0.149. The standard InChI is InChI=1S/C44H57N7O7/c1-12-19-51(42(53)38(24(4)5)50-44(55)57-11)28(9)25(6)46-26(7)29-15-18-36-34(21-29)33-17-13-30-20-31(14-16-32(30)39(33)58-36)35-22-45-40(48-35)27(8)47-41(52)37(23(2)3)49-43(54)56-10/h14-16,18,20-24,27-28,37-38,46H,6-7,12-13,17,19H2,1-5,8-11H3,(H,45,48)(H,47,52)(H,49,54)(H,50,55)/t27-,28-,37?,38?/m0/s1. The summed E-state index contributed by atoms with van der Waals surface area (Å²) in [5.74, 6) is 0.586. The Bertz CT molecular complexity index is 2180. The molecule has 2 heterocycles. The second kappa shape index (κ2) is 18.5. The van der Waals surface area contributed by atoms with Gasteiger partial charge in [0.1, 0.15) is 29.3 Å². The summed E-state index contributed by atoms with van der Waals surface area (Å²) in [5.41, 5.74) is 7.86. The van der Waals surface area contributed by atoms with Gasteiger partial charge in [0.2, 0.25) is 11.8 Å². The van der Waals surface area contributed by atoms with Gasteiger partial charge >= 0.3 is 12.2 Å². The summed E-state index contributed by atoms with van der Waals surface area (Å²) in [6, 6.07) is 9.87. The number of amides is 4. The van der Waals surface area contributed by atoms with Crippen LogP contribution in [0.15, 0.2) is 65.9 Å². The van der Waals surface area contributed by atoms with Crippen LogP contribution < -0.4 is 21.3 Å². The normalized spacial score (nSPS) is 14.1. The summed E-state index contributed by atoms with van der Waals surface area (Å²) >= 11 is 0. The molecule has 4 aromatic rings. The van der Waals surface area contributed by atoms with Crippen LogP contribution in [0.25, 0.3) is 39.2 Å². The lowest BCUT2D eigenvalue weighted by molar-refractivity contribution is -0.136. The number of nitrogens with one attached hydrogen (secondary N) is 5. The molecule has 5 N–H and O–H groups in total. The minimum atomic E-state index is -0.757. The molecule has 14 nitrogen and oxygen atoms in total. The fourth-order valence-corrected chi connectivity index (χ4v) is 7.21. The van der Waals surface area contributed by atoms with Gasteiger partial charge in [0.15, 0.2) is 0 Å². The molecular formula is C44H57N7O7. The number of alkyl carbamates (subject to hydrolysis) is 2. The largest absolute Gasteiger partial charge is 0.456 e. The first kappa shape index (κ1) is 43.1. The number of carbonyl (C=O) groups is 4. The number of furan rings is 1. The van der Waals surface area contributed by atoms with Crippen molar-refractivity contribution in [2.45, 2.75) is 91.9 Å². The van der Waals surface area contributed by atoms with Crippen LogP contribution in [-0.2, 0) is 31.9 Å². The van der Waals surface area contributed by atoms with Crippen LogP contribution in [0.5, 0.6) is 0 Å². The first-order valence-electron chi connectivity index (χ1n) is 19.8. The number of hydrogen-bond donors (Lipinski definition) is 5. The predicted octanol–water partition coefficient (Wildman–Crippen LogP) is 7.23. The Morgan fingerprint density at radius 1 is 0.897 bits per heavy atom. The molecule has 0 radical (unpaired) electrons. The number of fused-ring (bicyclic) bond motifs is 5. The van der Waals surface area contributed by atoms with Gasteiger partial charge in [0, 0.05) is 46.2 Å². The number of aromatic nitrogens is 2. The van der Waals surface area contributed by atoms with Gasteiger partial charge in [-0.05, 0) is 80.3 Å². The van der Waals surface area contributed by atoms with Crippen molar-refractivity contribution < 1.29 is 33.1 Å². The summed E-state index contributed by atoms with van der Waals surface area (Å²) < 4.78 is 15.9. The number of methoxy groups -OCH3 is 2. The number of imidazole rings is 1. The second-order valence-electron chi connectivity index (χ2n) is 15.4. The van der Waals surface area contributed by atoms with E-state index in [1.54, 1.807) is 4.90 Å². The van der Waals surface area contributed by atoms with Gasteiger partial charge in [-0.2, -0.15) is 0 Å². The molecule has 0 aliphatic heterocycles. The van der Waals surface area contributed by atoms with Crippen LogP contribution in [0.1, 0.15) is 83.4 Å². The highest BCUT2D eigenvalue weighted by Crippen LogP contribution is 2.42. The van der Waals surface area contributed by atoms with Gasteiger partial charge in [0.25, 0.3) is 0 Å². The highest BCUT2D eigenvalue weighted by Gasteiger charge is 2.33. The first-order valence-corrected chi connectivity index (χ1v) is 19.8. The molecule has 2 aromatic carbocycles. The number of nitrogens with zero attached hydrogens (tertiary/aromatic N) is 2. The topological polar surface area (TPSA) is 180 Å². The van der Waals surface area contributed by atoms with Crippen molar-refractivity contribution in [3.63, 3.8) is 0 Å². The van der Waals surface area contributed by atoms with E-state index in [9.17, 15) is 19.2 Å². The molecule has 0 saturated carbocycles. The van der Waals surface area contributed by atoms with E-state index in [4.69, 9.17) is 14.1 Å². The number of carbonyl (C=O) groups excluding carboxylic acids is 4. The van der Waals surface area contributed by atoms with E-state index in [1.807, 2.05) is 72.9 Å². The number of H-pyrrole nitrogens is 1. The molecule has 4 amide bonds. The SMILES string of the molecule is C=C(NC(=C)[C@H](C)N(CCC)C(=O)C(NC(=O)OC)C(C)C)c1ccc2oc3c(c2c1)CCc1cc(-c2c[nH]c([C@H](C)NC(=O)C(NC(=O)OC)C(C)C)n2)ccc1-3. The molecule has 2 unspecified atom stereocenters. The molecular weight excluding hydrogens is 739 g/mol. The average molecular weight is 796 g/mol. The van der Waals surface area contributed by atoms with Crippen molar-refractivity contribution >= 4 is 40.7 Å². The Morgan fingerprint density at radius 2 is 1.57 bits per heavy atom. The highest BCUT2D eigenvalue weighted by molar-refractivity contribution is 5.92. The third-order valence-electron chi connectivity index (χ3n) is 10.6. The van der Waals surface area contributed by atoms with Crippen molar-refractivity contribution in [2.75, 3.05) is 20.8 Å². The molecule has 1 aliphatic rings. The van der Waals surface area contributed by atoms with Crippen LogP contribution in [0.3, 0.4) is 0 Å².